The lowest BCUT2D eigenvalue weighted by atomic mass is 9.94. The van der Waals surface area contributed by atoms with E-state index in [1.165, 1.54) is 7.11 Å². The van der Waals surface area contributed by atoms with Crippen molar-refractivity contribution in [2.24, 2.45) is 5.92 Å². The number of benzene rings is 1. The van der Waals surface area contributed by atoms with Gasteiger partial charge in [0, 0.05) is 0 Å². The molecule has 4 nitrogen and oxygen atoms in total. The van der Waals surface area contributed by atoms with E-state index in [-0.39, 0.29) is 5.75 Å². The molecule has 0 bridgehead atoms. The van der Waals surface area contributed by atoms with Gasteiger partial charge in [0.05, 0.1) is 13.0 Å². The zero-order valence-corrected chi connectivity index (χ0v) is 10.6. The van der Waals surface area contributed by atoms with Gasteiger partial charge in [-0.3, -0.25) is 4.79 Å². The average Bonchev–Trinajstić information content (AvgIpc) is 2.26. The topological polar surface area (TPSA) is 66.8 Å². The largest absolute Gasteiger partial charge is 0.504 e. The van der Waals surface area contributed by atoms with Gasteiger partial charge in [-0.15, -0.1) is 0 Å². The molecule has 2 N–H and O–H groups in total. The first-order valence-corrected chi connectivity index (χ1v) is 5.47. The number of carboxylic acid groups (broad SMARTS) is 1. The molecule has 0 saturated carbocycles. The van der Waals surface area contributed by atoms with E-state index in [0.29, 0.717) is 12.2 Å². The normalized spacial score (nSPS) is 12.2. The summed E-state index contributed by atoms with van der Waals surface area (Å²) in [5, 5.41) is 18.7. The van der Waals surface area contributed by atoms with Crippen molar-refractivity contribution in [3.8, 4) is 11.5 Å². The van der Waals surface area contributed by atoms with Crippen LogP contribution in [0.15, 0.2) is 6.07 Å². The summed E-state index contributed by atoms with van der Waals surface area (Å²) in [6.07, 6.45) is 0.402. The SMILES string of the molecule is COc1c(O)cc(CC(C)C(=O)O)c(C)c1C. The lowest BCUT2D eigenvalue weighted by Crippen LogP contribution is -2.13. The number of carboxylic acids is 1. The van der Waals surface area contributed by atoms with Crippen molar-refractivity contribution in [2.45, 2.75) is 27.2 Å². The van der Waals surface area contributed by atoms with Crippen LogP contribution < -0.4 is 4.74 Å². The molecule has 0 spiro atoms. The van der Waals surface area contributed by atoms with Crippen molar-refractivity contribution >= 4 is 5.97 Å². The van der Waals surface area contributed by atoms with E-state index in [1.807, 2.05) is 13.8 Å². The van der Waals surface area contributed by atoms with Crippen molar-refractivity contribution in [1.29, 1.82) is 0 Å². The Morgan fingerprint density at radius 1 is 1.41 bits per heavy atom. The summed E-state index contributed by atoms with van der Waals surface area (Å²) in [6, 6.07) is 1.58. The first-order chi connectivity index (χ1) is 7.88. The Morgan fingerprint density at radius 3 is 2.47 bits per heavy atom. The van der Waals surface area contributed by atoms with E-state index in [1.54, 1.807) is 13.0 Å². The highest BCUT2D eigenvalue weighted by atomic mass is 16.5. The van der Waals surface area contributed by atoms with Crippen molar-refractivity contribution < 1.29 is 19.7 Å². The predicted molar refractivity (Wildman–Crippen MR) is 64.6 cm³/mol. The zero-order valence-electron chi connectivity index (χ0n) is 10.6. The zero-order chi connectivity index (χ0) is 13.2. The number of carbonyl (C=O) groups is 1. The third-order valence-corrected chi connectivity index (χ3v) is 3.08. The van der Waals surface area contributed by atoms with Gasteiger partial charge in [-0.05, 0) is 43.0 Å². The second-order valence-electron chi connectivity index (χ2n) is 4.28. The molecule has 0 fully saturated rings. The van der Waals surface area contributed by atoms with Crippen LogP contribution in [-0.4, -0.2) is 23.3 Å². The molecule has 1 aromatic rings. The van der Waals surface area contributed by atoms with Gasteiger partial charge < -0.3 is 14.9 Å². The van der Waals surface area contributed by atoms with Crippen LogP contribution in [-0.2, 0) is 11.2 Å². The Hall–Kier alpha value is -1.71. The molecule has 1 unspecified atom stereocenters. The maximum atomic E-state index is 10.8. The number of hydrogen-bond donors (Lipinski definition) is 2. The van der Waals surface area contributed by atoms with E-state index >= 15 is 0 Å². The van der Waals surface area contributed by atoms with Crippen molar-refractivity contribution in [1.82, 2.24) is 0 Å². The monoisotopic (exact) mass is 238 g/mol. The molecule has 0 aliphatic carbocycles. The summed E-state index contributed by atoms with van der Waals surface area (Å²) in [4.78, 5) is 10.8. The molecule has 17 heavy (non-hydrogen) atoms. The number of ether oxygens (including phenoxy) is 1. The molecule has 0 radical (unpaired) electrons. The molecule has 1 atom stereocenters. The van der Waals surface area contributed by atoms with Gasteiger partial charge in [0.25, 0.3) is 0 Å². The number of aromatic hydroxyl groups is 1. The first kappa shape index (κ1) is 13.4. The van der Waals surface area contributed by atoms with Gasteiger partial charge in [0.2, 0.25) is 0 Å². The number of rotatable bonds is 4. The molecule has 0 aliphatic rings. The quantitative estimate of drug-likeness (QED) is 0.844. The lowest BCUT2D eigenvalue weighted by molar-refractivity contribution is -0.141. The van der Waals surface area contributed by atoms with E-state index in [2.05, 4.69) is 0 Å². The molecule has 4 heteroatoms. The molecule has 0 heterocycles. The van der Waals surface area contributed by atoms with Crippen LogP contribution in [0.2, 0.25) is 0 Å². The van der Waals surface area contributed by atoms with E-state index in [0.717, 1.165) is 16.7 Å². The summed E-state index contributed by atoms with van der Waals surface area (Å²) < 4.78 is 5.10. The highest BCUT2D eigenvalue weighted by molar-refractivity contribution is 5.70. The fourth-order valence-corrected chi connectivity index (χ4v) is 1.83. The summed E-state index contributed by atoms with van der Waals surface area (Å²) in [6.45, 7) is 5.41. The van der Waals surface area contributed by atoms with Crippen LogP contribution in [0, 0.1) is 19.8 Å². The third kappa shape index (κ3) is 2.70. The molecular formula is C13H18O4. The average molecular weight is 238 g/mol. The van der Waals surface area contributed by atoms with Crippen LogP contribution in [0.3, 0.4) is 0 Å². The number of aliphatic carboxylic acids is 1. The first-order valence-electron chi connectivity index (χ1n) is 5.47. The van der Waals surface area contributed by atoms with Crippen LogP contribution in [0.4, 0.5) is 0 Å². The van der Waals surface area contributed by atoms with Crippen LogP contribution >= 0.6 is 0 Å². The van der Waals surface area contributed by atoms with Gasteiger partial charge in [0.15, 0.2) is 11.5 Å². The van der Waals surface area contributed by atoms with E-state index in [9.17, 15) is 9.90 Å². The highest BCUT2D eigenvalue weighted by Crippen LogP contribution is 2.34. The Balaban J connectivity index is 3.15. The molecule has 1 rings (SSSR count). The minimum atomic E-state index is -0.836. The maximum Gasteiger partial charge on any atom is 0.306 e. The van der Waals surface area contributed by atoms with Crippen molar-refractivity contribution in [3.63, 3.8) is 0 Å². The van der Waals surface area contributed by atoms with Crippen molar-refractivity contribution in [3.05, 3.63) is 22.8 Å². The van der Waals surface area contributed by atoms with Gasteiger partial charge >= 0.3 is 5.97 Å². The molecule has 0 aromatic heterocycles. The molecule has 0 amide bonds. The second-order valence-corrected chi connectivity index (χ2v) is 4.28. The summed E-state index contributed by atoms with van der Waals surface area (Å²) in [7, 11) is 1.50. The standard InChI is InChI=1S/C13H18O4/c1-7(13(15)16)5-10-6-11(14)12(17-4)9(3)8(10)2/h6-7,14H,5H2,1-4H3,(H,15,16). The minimum Gasteiger partial charge on any atom is -0.504 e. The Labute approximate surface area is 101 Å². The van der Waals surface area contributed by atoms with Gasteiger partial charge in [-0.1, -0.05) is 6.92 Å². The number of hydrogen-bond acceptors (Lipinski definition) is 3. The smallest absolute Gasteiger partial charge is 0.306 e. The highest BCUT2D eigenvalue weighted by Gasteiger charge is 2.17. The summed E-state index contributed by atoms with van der Waals surface area (Å²) >= 11 is 0. The van der Waals surface area contributed by atoms with Crippen molar-refractivity contribution in [2.75, 3.05) is 7.11 Å². The second kappa shape index (κ2) is 5.08. The minimum absolute atomic E-state index is 0.0585. The van der Waals surface area contributed by atoms with E-state index < -0.39 is 11.9 Å². The Kier molecular flexibility index (Phi) is 3.99. The summed E-state index contributed by atoms with van der Waals surface area (Å²) in [5.74, 6) is -0.796. The Morgan fingerprint density at radius 2 is 2.00 bits per heavy atom. The summed E-state index contributed by atoms with van der Waals surface area (Å²) in [5.41, 5.74) is 2.66. The Bertz CT molecular complexity index is 438. The molecule has 94 valence electrons. The van der Waals surface area contributed by atoms with Gasteiger partial charge in [0.1, 0.15) is 0 Å². The number of methoxy groups -OCH3 is 1. The molecular weight excluding hydrogens is 220 g/mol. The molecule has 1 aromatic carbocycles. The van der Waals surface area contributed by atoms with Gasteiger partial charge in [-0.25, -0.2) is 0 Å². The fourth-order valence-electron chi connectivity index (χ4n) is 1.83. The third-order valence-electron chi connectivity index (χ3n) is 3.08. The number of phenols is 1. The van der Waals surface area contributed by atoms with E-state index in [4.69, 9.17) is 9.84 Å². The molecule has 0 aliphatic heterocycles. The molecule has 0 saturated heterocycles. The van der Waals surface area contributed by atoms with Gasteiger partial charge in [-0.2, -0.15) is 0 Å². The maximum absolute atomic E-state index is 10.8. The fraction of sp³-hybridized carbons (Fsp3) is 0.462. The predicted octanol–water partition coefficient (Wildman–Crippen LogP) is 2.28. The van der Waals surface area contributed by atoms with Crippen LogP contribution in [0.25, 0.3) is 0 Å². The van der Waals surface area contributed by atoms with Crippen LogP contribution in [0.1, 0.15) is 23.6 Å². The van der Waals surface area contributed by atoms with Crippen LogP contribution in [0.5, 0.6) is 11.5 Å². The lowest BCUT2D eigenvalue weighted by Gasteiger charge is -2.15. The number of phenolic OH excluding ortho intramolecular Hbond substituents is 1.